The molecule has 3 rings (SSSR count). The van der Waals surface area contributed by atoms with Gasteiger partial charge in [-0.15, -0.1) is 0 Å². The number of anilines is 1. The third-order valence-electron chi connectivity index (χ3n) is 6.28. The zero-order valence-electron chi connectivity index (χ0n) is 23.3. The molecule has 3 aromatic carbocycles. The predicted octanol–water partition coefficient (Wildman–Crippen LogP) is 5.30. The Labute approximate surface area is 245 Å². The Kier molecular flexibility index (Phi) is 11.2. The van der Waals surface area contributed by atoms with E-state index in [-0.39, 0.29) is 17.3 Å². The Hall–Kier alpha value is -3.37. The van der Waals surface area contributed by atoms with Crippen LogP contribution in [0.5, 0.6) is 5.75 Å². The van der Waals surface area contributed by atoms with E-state index in [1.807, 2.05) is 45.0 Å². The summed E-state index contributed by atoms with van der Waals surface area (Å²) in [4.78, 5) is 28.3. The average Bonchev–Trinajstić information content (AvgIpc) is 2.94. The number of benzene rings is 3. The number of aryl methyl sites for hydroxylation is 1. The highest BCUT2D eigenvalue weighted by Gasteiger charge is 2.32. The van der Waals surface area contributed by atoms with E-state index < -0.39 is 28.5 Å². The molecule has 0 aliphatic rings. The molecule has 0 bridgehead atoms. The fraction of sp³-hybridized carbons (Fsp3) is 0.333. The van der Waals surface area contributed by atoms with E-state index in [0.29, 0.717) is 24.6 Å². The summed E-state index contributed by atoms with van der Waals surface area (Å²) in [6.07, 6.45) is 0.750. The topological polar surface area (TPSA) is 96.0 Å². The second kappa shape index (κ2) is 14.3. The highest BCUT2D eigenvalue weighted by Crippen LogP contribution is 2.26. The Morgan fingerprint density at radius 1 is 1.00 bits per heavy atom. The zero-order valence-corrected chi connectivity index (χ0v) is 25.7. The summed E-state index contributed by atoms with van der Waals surface area (Å²) >= 11 is 3.45. The molecule has 0 saturated carbocycles. The molecule has 0 aliphatic carbocycles. The Morgan fingerprint density at radius 3 is 2.27 bits per heavy atom. The molecule has 0 spiro atoms. The molecule has 3 aromatic rings. The van der Waals surface area contributed by atoms with Crippen molar-refractivity contribution < 1.29 is 22.7 Å². The third-order valence-corrected chi connectivity index (χ3v) is 8.56. The van der Waals surface area contributed by atoms with Gasteiger partial charge in [0.2, 0.25) is 11.8 Å². The molecule has 0 aliphatic heterocycles. The molecule has 0 aromatic heterocycles. The van der Waals surface area contributed by atoms with Gasteiger partial charge in [-0.25, -0.2) is 8.42 Å². The van der Waals surface area contributed by atoms with Crippen LogP contribution in [0.1, 0.15) is 38.3 Å². The quantitative estimate of drug-likeness (QED) is 0.277. The van der Waals surface area contributed by atoms with Crippen molar-refractivity contribution in [2.45, 2.75) is 51.6 Å². The van der Waals surface area contributed by atoms with Crippen LogP contribution in [0.3, 0.4) is 0 Å². The Balaban J connectivity index is 2.01. The fourth-order valence-corrected chi connectivity index (χ4v) is 5.91. The van der Waals surface area contributed by atoms with Crippen LogP contribution < -0.4 is 14.4 Å². The lowest BCUT2D eigenvalue weighted by Crippen LogP contribution is -2.51. The third kappa shape index (κ3) is 8.08. The van der Waals surface area contributed by atoms with Gasteiger partial charge in [0.15, 0.2) is 0 Å². The normalized spacial score (nSPS) is 11.9. The average molecular weight is 631 g/mol. The summed E-state index contributed by atoms with van der Waals surface area (Å²) < 4.78 is 35.2. The first kappa shape index (κ1) is 31.2. The minimum absolute atomic E-state index is 0.0246. The van der Waals surface area contributed by atoms with Gasteiger partial charge in [-0.05, 0) is 81.3 Å². The number of amides is 2. The van der Waals surface area contributed by atoms with Crippen LogP contribution in [0.4, 0.5) is 5.69 Å². The molecule has 1 atom stereocenters. The smallest absolute Gasteiger partial charge is 0.264 e. The van der Waals surface area contributed by atoms with Gasteiger partial charge in [0.05, 0.1) is 17.2 Å². The number of hydrogen-bond donors (Lipinski definition) is 1. The fourth-order valence-electron chi connectivity index (χ4n) is 4.05. The van der Waals surface area contributed by atoms with Crippen LogP contribution in [0.2, 0.25) is 0 Å². The molecule has 1 N–H and O–H groups in total. The number of ether oxygens (including phenoxy) is 1. The van der Waals surface area contributed by atoms with Gasteiger partial charge >= 0.3 is 0 Å². The molecule has 0 radical (unpaired) electrons. The van der Waals surface area contributed by atoms with Crippen LogP contribution >= 0.6 is 15.9 Å². The number of carbonyl (C=O) groups is 2. The molecule has 40 heavy (non-hydrogen) atoms. The SMILES string of the molecule is CCCNC(=O)C(C)N(Cc1cccc(Br)c1)C(=O)CN(c1ccc(C)cc1)S(=O)(=O)c1ccc(OCC)cc1. The Morgan fingerprint density at radius 2 is 1.68 bits per heavy atom. The highest BCUT2D eigenvalue weighted by molar-refractivity contribution is 9.10. The van der Waals surface area contributed by atoms with Crippen LogP contribution in [-0.2, 0) is 26.2 Å². The van der Waals surface area contributed by atoms with Crippen molar-refractivity contribution >= 4 is 43.5 Å². The maximum absolute atomic E-state index is 13.9. The van der Waals surface area contributed by atoms with E-state index in [4.69, 9.17) is 4.74 Å². The van der Waals surface area contributed by atoms with E-state index in [9.17, 15) is 18.0 Å². The minimum atomic E-state index is -4.14. The van der Waals surface area contributed by atoms with Gasteiger partial charge in [-0.2, -0.15) is 0 Å². The molecule has 0 fully saturated rings. The summed E-state index contributed by atoms with van der Waals surface area (Å²) in [7, 11) is -4.14. The number of nitrogens with one attached hydrogen (secondary N) is 1. The van der Waals surface area contributed by atoms with Gasteiger partial charge in [-0.3, -0.25) is 13.9 Å². The number of hydrogen-bond acceptors (Lipinski definition) is 5. The largest absolute Gasteiger partial charge is 0.494 e. The molecular formula is C30H36BrN3O5S. The number of carbonyl (C=O) groups excluding carboxylic acids is 2. The number of rotatable bonds is 13. The number of sulfonamides is 1. The second-order valence-corrected chi connectivity index (χ2v) is 12.1. The molecule has 0 saturated heterocycles. The summed E-state index contributed by atoms with van der Waals surface area (Å²) in [5, 5.41) is 2.84. The molecule has 2 amide bonds. The van der Waals surface area contributed by atoms with Crippen LogP contribution in [0.15, 0.2) is 82.2 Å². The standard InChI is InChI=1S/C30H36BrN3O5S/c1-5-18-32-30(36)23(4)33(20-24-8-7-9-25(31)19-24)29(35)21-34(26-12-10-22(3)11-13-26)40(37,38)28-16-14-27(15-17-28)39-6-2/h7-17,19,23H,5-6,18,20-21H2,1-4H3,(H,32,36). The van der Waals surface area contributed by atoms with Gasteiger partial charge < -0.3 is 15.0 Å². The minimum Gasteiger partial charge on any atom is -0.494 e. The molecule has 8 nitrogen and oxygen atoms in total. The van der Waals surface area contributed by atoms with Crippen molar-refractivity contribution in [3.8, 4) is 5.75 Å². The van der Waals surface area contributed by atoms with Crippen molar-refractivity contribution in [3.05, 3.63) is 88.4 Å². The van der Waals surface area contributed by atoms with Crippen LogP contribution in [0, 0.1) is 6.92 Å². The van der Waals surface area contributed by atoms with E-state index in [0.717, 1.165) is 26.3 Å². The van der Waals surface area contributed by atoms with Gasteiger partial charge in [0, 0.05) is 17.6 Å². The summed E-state index contributed by atoms with van der Waals surface area (Å²) in [5.74, 6) is -0.262. The Bertz CT molecular complexity index is 1400. The number of halogens is 1. The molecule has 1 unspecified atom stereocenters. The number of nitrogens with zero attached hydrogens (tertiary/aromatic N) is 2. The van der Waals surface area contributed by atoms with Gasteiger partial charge in [0.1, 0.15) is 18.3 Å². The molecule has 10 heteroatoms. The lowest BCUT2D eigenvalue weighted by Gasteiger charge is -2.32. The lowest BCUT2D eigenvalue weighted by molar-refractivity contribution is -0.139. The first-order valence-corrected chi connectivity index (χ1v) is 15.4. The second-order valence-electron chi connectivity index (χ2n) is 9.37. The van der Waals surface area contributed by atoms with Crippen molar-refractivity contribution in [3.63, 3.8) is 0 Å². The van der Waals surface area contributed by atoms with E-state index in [2.05, 4.69) is 21.2 Å². The highest BCUT2D eigenvalue weighted by atomic mass is 79.9. The maximum atomic E-state index is 13.9. The van der Waals surface area contributed by atoms with E-state index in [1.165, 1.54) is 17.0 Å². The van der Waals surface area contributed by atoms with Gasteiger partial charge in [-0.1, -0.05) is 52.7 Å². The summed E-state index contributed by atoms with van der Waals surface area (Å²) in [5.41, 5.74) is 2.10. The van der Waals surface area contributed by atoms with Crippen LogP contribution in [0.25, 0.3) is 0 Å². The first-order valence-electron chi connectivity index (χ1n) is 13.2. The van der Waals surface area contributed by atoms with Crippen LogP contribution in [-0.4, -0.2) is 50.9 Å². The molecule has 214 valence electrons. The van der Waals surface area contributed by atoms with Crippen molar-refractivity contribution in [1.29, 1.82) is 0 Å². The van der Waals surface area contributed by atoms with Crippen molar-refractivity contribution in [2.24, 2.45) is 0 Å². The summed E-state index contributed by atoms with van der Waals surface area (Å²) in [6, 6.07) is 19.6. The first-order chi connectivity index (χ1) is 19.1. The lowest BCUT2D eigenvalue weighted by atomic mass is 10.1. The van der Waals surface area contributed by atoms with E-state index in [1.54, 1.807) is 43.3 Å². The van der Waals surface area contributed by atoms with Crippen molar-refractivity contribution in [2.75, 3.05) is 24.0 Å². The van der Waals surface area contributed by atoms with E-state index >= 15 is 0 Å². The van der Waals surface area contributed by atoms with Crippen molar-refractivity contribution in [1.82, 2.24) is 10.2 Å². The monoisotopic (exact) mass is 629 g/mol. The predicted molar refractivity (Wildman–Crippen MR) is 161 cm³/mol. The molecular weight excluding hydrogens is 594 g/mol. The summed E-state index contributed by atoms with van der Waals surface area (Å²) in [6.45, 7) is 7.91. The molecule has 0 heterocycles. The maximum Gasteiger partial charge on any atom is 0.264 e. The zero-order chi connectivity index (χ0) is 29.3. The van der Waals surface area contributed by atoms with Gasteiger partial charge in [0.25, 0.3) is 10.0 Å².